The molecule has 0 amide bonds. The number of phenolic OH excluding ortho intramolecular Hbond substituents is 1. The fraction of sp³-hybridized carbons (Fsp3) is 0.417. The summed E-state index contributed by atoms with van der Waals surface area (Å²) in [7, 11) is 0. The van der Waals surface area contributed by atoms with Crippen LogP contribution in [0.15, 0.2) is 18.2 Å². The molecule has 4 nitrogen and oxygen atoms in total. The zero-order valence-electron chi connectivity index (χ0n) is 9.75. The molecule has 0 aliphatic rings. The third-order valence-corrected chi connectivity index (χ3v) is 3.24. The van der Waals surface area contributed by atoms with E-state index in [1.807, 2.05) is 6.92 Å². The van der Waals surface area contributed by atoms with Gasteiger partial charge >= 0.3 is 0 Å². The van der Waals surface area contributed by atoms with Gasteiger partial charge in [0.15, 0.2) is 5.12 Å². The van der Waals surface area contributed by atoms with E-state index < -0.39 is 12.2 Å². The van der Waals surface area contributed by atoms with E-state index >= 15 is 0 Å². The lowest BCUT2D eigenvalue weighted by Crippen LogP contribution is -2.21. The molecule has 0 spiro atoms. The van der Waals surface area contributed by atoms with Crippen LogP contribution in [0.4, 0.5) is 0 Å². The van der Waals surface area contributed by atoms with E-state index in [1.165, 1.54) is 13.0 Å². The average molecular weight is 256 g/mol. The molecule has 1 aromatic carbocycles. The first-order valence-electron chi connectivity index (χ1n) is 5.21. The number of carbonyl (C=O) groups is 1. The number of thioether (sulfide) groups is 1. The molecule has 0 heterocycles. The van der Waals surface area contributed by atoms with E-state index in [1.54, 1.807) is 12.1 Å². The number of aromatic hydroxyl groups is 1. The van der Waals surface area contributed by atoms with Crippen LogP contribution in [0.1, 0.15) is 24.2 Å². The topological polar surface area (TPSA) is 77.8 Å². The molecule has 1 rings (SSSR count). The van der Waals surface area contributed by atoms with Gasteiger partial charge in [0.2, 0.25) is 0 Å². The molecular weight excluding hydrogens is 240 g/mol. The highest BCUT2D eigenvalue weighted by Gasteiger charge is 2.21. The van der Waals surface area contributed by atoms with Crippen molar-refractivity contribution >= 4 is 16.9 Å². The molecule has 3 N–H and O–H groups in total. The summed E-state index contributed by atoms with van der Waals surface area (Å²) in [5.41, 5.74) is 1.16. The number of phenols is 1. The molecule has 0 fully saturated rings. The van der Waals surface area contributed by atoms with Crippen molar-refractivity contribution in [2.24, 2.45) is 0 Å². The monoisotopic (exact) mass is 256 g/mol. The SMILES string of the molecule is CC(=O)SCC(O)C(O)c1cc(C)ccc1O. The van der Waals surface area contributed by atoms with Gasteiger partial charge in [-0.05, 0) is 19.1 Å². The average Bonchev–Trinajstić information content (AvgIpc) is 2.28. The lowest BCUT2D eigenvalue weighted by atomic mass is 10.0. The van der Waals surface area contributed by atoms with Gasteiger partial charge in [0, 0.05) is 18.2 Å². The Labute approximate surface area is 104 Å². The van der Waals surface area contributed by atoms with E-state index in [2.05, 4.69) is 0 Å². The molecule has 0 aromatic heterocycles. The Hall–Kier alpha value is -1.04. The number of aliphatic hydroxyl groups is 2. The second kappa shape index (κ2) is 6.05. The summed E-state index contributed by atoms with van der Waals surface area (Å²) >= 11 is 0.942. The number of aliphatic hydroxyl groups excluding tert-OH is 2. The van der Waals surface area contributed by atoms with Crippen molar-refractivity contribution in [1.29, 1.82) is 0 Å². The van der Waals surface area contributed by atoms with Crippen LogP contribution in [0.5, 0.6) is 5.75 Å². The molecule has 2 atom stereocenters. The summed E-state index contributed by atoms with van der Waals surface area (Å²) in [4.78, 5) is 10.7. The Morgan fingerprint density at radius 2 is 2.06 bits per heavy atom. The summed E-state index contributed by atoms with van der Waals surface area (Å²) in [6.07, 6.45) is -2.28. The van der Waals surface area contributed by atoms with Gasteiger partial charge in [-0.2, -0.15) is 0 Å². The first kappa shape index (κ1) is 14.0. The van der Waals surface area contributed by atoms with Crippen LogP contribution in [0, 0.1) is 6.92 Å². The molecule has 1 aromatic rings. The third kappa shape index (κ3) is 4.03. The number of aryl methyl sites for hydroxylation is 1. The van der Waals surface area contributed by atoms with Crippen molar-refractivity contribution in [3.8, 4) is 5.75 Å². The van der Waals surface area contributed by atoms with Crippen LogP contribution < -0.4 is 0 Å². The Balaban J connectivity index is 2.77. The maximum atomic E-state index is 10.7. The Kier molecular flexibility index (Phi) is 4.99. The van der Waals surface area contributed by atoms with Gasteiger partial charge in [0.1, 0.15) is 11.9 Å². The van der Waals surface area contributed by atoms with E-state index in [4.69, 9.17) is 0 Å². The first-order valence-corrected chi connectivity index (χ1v) is 6.19. The van der Waals surface area contributed by atoms with Crippen LogP contribution in [0.25, 0.3) is 0 Å². The Bertz CT molecular complexity index is 405. The number of carbonyl (C=O) groups excluding carboxylic acids is 1. The van der Waals surface area contributed by atoms with Crippen molar-refractivity contribution < 1.29 is 20.1 Å². The normalized spacial score (nSPS) is 14.4. The van der Waals surface area contributed by atoms with E-state index in [-0.39, 0.29) is 22.2 Å². The second-order valence-electron chi connectivity index (χ2n) is 3.88. The second-order valence-corrected chi connectivity index (χ2v) is 5.07. The largest absolute Gasteiger partial charge is 0.508 e. The maximum absolute atomic E-state index is 10.7. The smallest absolute Gasteiger partial charge is 0.185 e. The molecule has 5 heteroatoms. The molecule has 0 aliphatic carbocycles. The van der Waals surface area contributed by atoms with Crippen molar-refractivity contribution in [1.82, 2.24) is 0 Å². The number of rotatable bonds is 4. The zero-order chi connectivity index (χ0) is 13.0. The molecule has 0 saturated heterocycles. The van der Waals surface area contributed by atoms with Crippen LogP contribution in [0.3, 0.4) is 0 Å². The lowest BCUT2D eigenvalue weighted by molar-refractivity contribution is -0.109. The minimum atomic E-state index is -1.19. The van der Waals surface area contributed by atoms with Crippen LogP contribution in [-0.2, 0) is 4.79 Å². The zero-order valence-corrected chi connectivity index (χ0v) is 10.6. The Morgan fingerprint density at radius 1 is 1.41 bits per heavy atom. The summed E-state index contributed by atoms with van der Waals surface area (Å²) in [6, 6.07) is 4.79. The van der Waals surface area contributed by atoms with E-state index in [0.717, 1.165) is 17.3 Å². The molecule has 0 saturated carbocycles. The summed E-state index contributed by atoms with van der Waals surface area (Å²) < 4.78 is 0. The summed E-state index contributed by atoms with van der Waals surface area (Å²) in [5, 5.41) is 29.0. The third-order valence-electron chi connectivity index (χ3n) is 2.32. The minimum Gasteiger partial charge on any atom is -0.508 e. The standard InChI is InChI=1S/C12H16O4S/c1-7-3-4-10(14)9(5-7)12(16)11(15)6-17-8(2)13/h3-5,11-12,14-16H,6H2,1-2H3. The van der Waals surface area contributed by atoms with Gasteiger partial charge in [0.25, 0.3) is 0 Å². The molecule has 17 heavy (non-hydrogen) atoms. The highest BCUT2D eigenvalue weighted by molar-refractivity contribution is 8.13. The summed E-state index contributed by atoms with van der Waals surface area (Å²) in [6.45, 7) is 3.22. The molecule has 0 bridgehead atoms. The van der Waals surface area contributed by atoms with Gasteiger partial charge in [-0.1, -0.05) is 23.4 Å². The first-order chi connectivity index (χ1) is 7.91. The highest BCUT2D eigenvalue weighted by atomic mass is 32.2. The van der Waals surface area contributed by atoms with Crippen molar-refractivity contribution in [2.75, 3.05) is 5.75 Å². The number of hydrogen-bond acceptors (Lipinski definition) is 5. The molecule has 94 valence electrons. The highest BCUT2D eigenvalue weighted by Crippen LogP contribution is 2.28. The lowest BCUT2D eigenvalue weighted by Gasteiger charge is -2.18. The number of benzene rings is 1. The molecule has 0 aliphatic heterocycles. The van der Waals surface area contributed by atoms with Gasteiger partial charge in [-0.3, -0.25) is 4.79 Å². The van der Waals surface area contributed by atoms with Crippen LogP contribution >= 0.6 is 11.8 Å². The summed E-state index contributed by atoms with van der Waals surface area (Å²) in [5.74, 6) is 0.0409. The molecule has 2 unspecified atom stereocenters. The molecular formula is C12H16O4S. The van der Waals surface area contributed by atoms with Gasteiger partial charge in [-0.25, -0.2) is 0 Å². The quantitative estimate of drug-likeness (QED) is 0.758. The number of hydrogen-bond donors (Lipinski definition) is 3. The van der Waals surface area contributed by atoms with Crippen LogP contribution in [0.2, 0.25) is 0 Å². The predicted molar refractivity (Wildman–Crippen MR) is 66.9 cm³/mol. The van der Waals surface area contributed by atoms with Crippen molar-refractivity contribution in [3.63, 3.8) is 0 Å². The van der Waals surface area contributed by atoms with Gasteiger partial charge < -0.3 is 15.3 Å². The molecule has 0 radical (unpaired) electrons. The fourth-order valence-corrected chi connectivity index (χ4v) is 2.00. The minimum absolute atomic E-state index is 0.0602. The van der Waals surface area contributed by atoms with Crippen LogP contribution in [-0.4, -0.2) is 32.3 Å². The predicted octanol–water partition coefficient (Wildman–Crippen LogP) is 1.37. The van der Waals surface area contributed by atoms with E-state index in [0.29, 0.717) is 0 Å². The maximum Gasteiger partial charge on any atom is 0.185 e. The van der Waals surface area contributed by atoms with E-state index in [9.17, 15) is 20.1 Å². The van der Waals surface area contributed by atoms with Crippen molar-refractivity contribution in [2.45, 2.75) is 26.1 Å². The van der Waals surface area contributed by atoms with Gasteiger partial charge in [-0.15, -0.1) is 0 Å². The van der Waals surface area contributed by atoms with Gasteiger partial charge in [0.05, 0.1) is 6.10 Å². The Morgan fingerprint density at radius 3 is 2.65 bits per heavy atom. The fourth-order valence-electron chi connectivity index (χ4n) is 1.41. The van der Waals surface area contributed by atoms with Crippen molar-refractivity contribution in [3.05, 3.63) is 29.3 Å².